The molecular weight excluding hydrogens is 207 g/mol. The lowest BCUT2D eigenvalue weighted by Crippen LogP contribution is -2.33. The lowest BCUT2D eigenvalue weighted by Gasteiger charge is -2.29. The zero-order valence-corrected chi connectivity index (χ0v) is 9.94. The summed E-state index contributed by atoms with van der Waals surface area (Å²) in [5, 5.41) is 9.09. The van der Waals surface area contributed by atoms with Crippen LogP contribution in [0.2, 0.25) is 0 Å². The van der Waals surface area contributed by atoms with Gasteiger partial charge in [-0.25, -0.2) is 4.39 Å². The molecule has 0 aliphatic heterocycles. The van der Waals surface area contributed by atoms with Gasteiger partial charge in [-0.3, -0.25) is 0 Å². The number of likely N-dealkylation sites (N-methyl/N-ethyl adjacent to an activating group) is 1. The summed E-state index contributed by atoms with van der Waals surface area (Å²) in [6.45, 7) is 3.62. The van der Waals surface area contributed by atoms with Gasteiger partial charge >= 0.3 is 0 Å². The maximum atomic E-state index is 13.8. The Morgan fingerprint density at radius 1 is 1.44 bits per heavy atom. The van der Waals surface area contributed by atoms with E-state index in [1.54, 1.807) is 18.0 Å². The van der Waals surface area contributed by atoms with E-state index in [0.717, 1.165) is 5.56 Å². The second kappa shape index (κ2) is 5.27. The topological polar surface area (TPSA) is 49.5 Å². The van der Waals surface area contributed by atoms with Crippen molar-refractivity contribution >= 4 is 5.69 Å². The highest BCUT2D eigenvalue weighted by molar-refractivity contribution is 5.56. The first-order valence-electron chi connectivity index (χ1n) is 5.36. The fourth-order valence-corrected chi connectivity index (χ4v) is 1.61. The van der Waals surface area contributed by atoms with Gasteiger partial charge in [-0.15, -0.1) is 0 Å². The summed E-state index contributed by atoms with van der Waals surface area (Å²) in [6.07, 6.45) is 0. The molecule has 0 spiro atoms. The lowest BCUT2D eigenvalue weighted by molar-refractivity contribution is 0.269. The van der Waals surface area contributed by atoms with Gasteiger partial charge in [0, 0.05) is 19.1 Å². The molecule has 3 N–H and O–H groups in total. The van der Waals surface area contributed by atoms with E-state index < -0.39 is 0 Å². The molecule has 3 nitrogen and oxygen atoms in total. The van der Waals surface area contributed by atoms with Crippen molar-refractivity contribution in [1.82, 2.24) is 0 Å². The van der Waals surface area contributed by atoms with E-state index in [0.29, 0.717) is 5.69 Å². The number of anilines is 1. The van der Waals surface area contributed by atoms with Crippen LogP contribution in [0.25, 0.3) is 0 Å². The van der Waals surface area contributed by atoms with Gasteiger partial charge in [-0.1, -0.05) is 12.1 Å². The van der Waals surface area contributed by atoms with Crippen LogP contribution in [-0.2, 0) is 0 Å². The minimum absolute atomic E-state index is 0.0246. The van der Waals surface area contributed by atoms with Crippen molar-refractivity contribution in [3.8, 4) is 0 Å². The molecular formula is C12H19FN2O. The van der Waals surface area contributed by atoms with Gasteiger partial charge in [0.2, 0.25) is 0 Å². The highest BCUT2D eigenvalue weighted by atomic mass is 19.1. The van der Waals surface area contributed by atoms with E-state index in [1.807, 2.05) is 19.9 Å². The van der Waals surface area contributed by atoms with Crippen LogP contribution in [-0.4, -0.2) is 24.8 Å². The van der Waals surface area contributed by atoms with Crippen LogP contribution < -0.4 is 10.6 Å². The zero-order chi connectivity index (χ0) is 12.3. The van der Waals surface area contributed by atoms with E-state index in [4.69, 9.17) is 10.8 Å². The number of para-hydroxylation sites is 1. The smallest absolute Gasteiger partial charge is 0.146 e. The molecule has 0 bridgehead atoms. The molecule has 0 aromatic heterocycles. The minimum atomic E-state index is -0.308. The van der Waals surface area contributed by atoms with Crippen LogP contribution in [0, 0.1) is 5.82 Å². The van der Waals surface area contributed by atoms with Crippen LogP contribution in [0.4, 0.5) is 10.1 Å². The molecule has 0 aliphatic carbocycles. The number of hydrogen-bond donors (Lipinski definition) is 2. The van der Waals surface area contributed by atoms with Gasteiger partial charge in [0.1, 0.15) is 5.82 Å². The molecule has 1 unspecified atom stereocenters. The number of rotatable bonds is 4. The number of aliphatic hydroxyl groups is 1. The number of nitrogens with two attached hydrogens (primary N) is 1. The monoisotopic (exact) mass is 226 g/mol. The molecule has 1 aromatic rings. The summed E-state index contributed by atoms with van der Waals surface area (Å²) < 4.78 is 13.8. The van der Waals surface area contributed by atoms with Gasteiger partial charge in [-0.05, 0) is 25.5 Å². The summed E-state index contributed by atoms with van der Waals surface area (Å²) in [7, 11) is 1.76. The zero-order valence-electron chi connectivity index (χ0n) is 9.94. The molecule has 90 valence electrons. The van der Waals surface area contributed by atoms with Crippen molar-refractivity contribution in [2.24, 2.45) is 5.73 Å². The van der Waals surface area contributed by atoms with Crippen molar-refractivity contribution in [1.29, 1.82) is 0 Å². The third-order valence-electron chi connectivity index (χ3n) is 2.79. The van der Waals surface area contributed by atoms with E-state index in [1.165, 1.54) is 6.07 Å². The molecule has 0 radical (unpaired) electrons. The fourth-order valence-electron chi connectivity index (χ4n) is 1.61. The van der Waals surface area contributed by atoms with Crippen molar-refractivity contribution in [2.75, 3.05) is 18.6 Å². The van der Waals surface area contributed by atoms with Crippen molar-refractivity contribution < 1.29 is 9.50 Å². The average Bonchev–Trinajstić information content (AvgIpc) is 2.26. The van der Waals surface area contributed by atoms with E-state index >= 15 is 0 Å². The molecule has 1 aromatic carbocycles. The quantitative estimate of drug-likeness (QED) is 0.821. The van der Waals surface area contributed by atoms with Gasteiger partial charge < -0.3 is 15.7 Å². The first kappa shape index (κ1) is 12.9. The molecule has 0 saturated carbocycles. The molecule has 1 rings (SSSR count). The maximum absolute atomic E-state index is 13.8. The van der Waals surface area contributed by atoms with Crippen molar-refractivity contribution in [3.63, 3.8) is 0 Å². The van der Waals surface area contributed by atoms with E-state index in [-0.39, 0.29) is 24.5 Å². The van der Waals surface area contributed by atoms with Crippen LogP contribution in [0.5, 0.6) is 0 Å². The van der Waals surface area contributed by atoms with Gasteiger partial charge in [-0.2, -0.15) is 0 Å². The Bertz CT molecular complexity index is 355. The molecule has 2 atom stereocenters. The molecule has 0 amide bonds. The standard InChI is InChI=1S/C12H19FN2O/c1-8(7-16)15(3)12-10(9(2)14)5-4-6-11(12)13/h4-6,8-9,16H,7,14H2,1-3H3/t8?,9-/m1/s1. The third kappa shape index (κ3) is 2.51. The molecule has 0 fully saturated rings. The van der Waals surface area contributed by atoms with Gasteiger partial charge in [0.15, 0.2) is 0 Å². The highest BCUT2D eigenvalue weighted by Gasteiger charge is 2.18. The Hall–Kier alpha value is -1.13. The first-order valence-corrected chi connectivity index (χ1v) is 5.36. The number of aliphatic hydroxyl groups excluding tert-OH is 1. The van der Waals surface area contributed by atoms with Crippen molar-refractivity contribution in [2.45, 2.75) is 25.9 Å². The average molecular weight is 226 g/mol. The van der Waals surface area contributed by atoms with Crippen LogP contribution in [0.3, 0.4) is 0 Å². The Balaban J connectivity index is 3.19. The number of nitrogens with zero attached hydrogens (tertiary/aromatic N) is 1. The first-order chi connectivity index (χ1) is 7.49. The summed E-state index contributed by atoms with van der Waals surface area (Å²) in [5.41, 5.74) is 7.03. The molecule has 0 aliphatic rings. The predicted octanol–water partition coefficient (Wildman–Crippen LogP) is 1.66. The SMILES string of the molecule is CC(CO)N(C)c1c(F)cccc1[C@@H](C)N. The fraction of sp³-hybridized carbons (Fsp3) is 0.500. The summed E-state index contributed by atoms with van der Waals surface area (Å²) in [6, 6.07) is 4.48. The Kier molecular flexibility index (Phi) is 4.26. The lowest BCUT2D eigenvalue weighted by atomic mass is 10.0. The Labute approximate surface area is 95.7 Å². The summed E-state index contributed by atoms with van der Waals surface area (Å²) in [4.78, 5) is 1.72. The van der Waals surface area contributed by atoms with Crippen LogP contribution >= 0.6 is 0 Å². The number of benzene rings is 1. The molecule has 0 heterocycles. The summed E-state index contributed by atoms with van der Waals surface area (Å²) in [5.74, 6) is -0.308. The Morgan fingerprint density at radius 2 is 2.06 bits per heavy atom. The molecule has 4 heteroatoms. The van der Waals surface area contributed by atoms with E-state index in [2.05, 4.69) is 0 Å². The largest absolute Gasteiger partial charge is 0.394 e. The van der Waals surface area contributed by atoms with E-state index in [9.17, 15) is 4.39 Å². The van der Waals surface area contributed by atoms with Crippen LogP contribution in [0.1, 0.15) is 25.5 Å². The van der Waals surface area contributed by atoms with Crippen molar-refractivity contribution in [3.05, 3.63) is 29.6 Å². The summed E-state index contributed by atoms with van der Waals surface area (Å²) >= 11 is 0. The van der Waals surface area contributed by atoms with Crippen LogP contribution in [0.15, 0.2) is 18.2 Å². The second-order valence-corrected chi connectivity index (χ2v) is 4.11. The Morgan fingerprint density at radius 3 is 2.56 bits per heavy atom. The number of hydrogen-bond acceptors (Lipinski definition) is 3. The van der Waals surface area contributed by atoms with Gasteiger partial charge in [0.25, 0.3) is 0 Å². The normalized spacial score (nSPS) is 14.6. The highest BCUT2D eigenvalue weighted by Crippen LogP contribution is 2.28. The van der Waals surface area contributed by atoms with Gasteiger partial charge in [0.05, 0.1) is 12.3 Å². The molecule has 0 saturated heterocycles. The predicted molar refractivity (Wildman–Crippen MR) is 64.0 cm³/mol. The second-order valence-electron chi connectivity index (χ2n) is 4.11. The maximum Gasteiger partial charge on any atom is 0.146 e. The number of halogens is 1. The minimum Gasteiger partial charge on any atom is -0.394 e. The third-order valence-corrected chi connectivity index (χ3v) is 2.79. The molecule has 16 heavy (non-hydrogen) atoms.